The molecule has 0 bridgehead atoms. The van der Waals surface area contributed by atoms with Crippen molar-refractivity contribution in [3.05, 3.63) is 63.6 Å². The highest BCUT2D eigenvalue weighted by atomic mass is 16.5. The average molecular weight is 381 g/mol. The fourth-order valence-electron chi connectivity index (χ4n) is 4.41. The fourth-order valence-corrected chi connectivity index (χ4v) is 4.41. The van der Waals surface area contributed by atoms with E-state index in [1.54, 1.807) is 6.07 Å². The monoisotopic (exact) mass is 381 g/mol. The van der Waals surface area contributed by atoms with Gasteiger partial charge in [-0.1, -0.05) is 49.6 Å². The van der Waals surface area contributed by atoms with E-state index in [4.69, 9.17) is 4.74 Å². The first-order valence-corrected chi connectivity index (χ1v) is 10.2. The summed E-state index contributed by atoms with van der Waals surface area (Å²) in [5.74, 6) is -0.164. The Balaban J connectivity index is 1.45. The number of carbonyl (C=O) groups is 1. The van der Waals surface area contributed by atoms with Gasteiger partial charge in [0.1, 0.15) is 6.54 Å². The van der Waals surface area contributed by atoms with Crippen molar-refractivity contribution in [3.63, 3.8) is 0 Å². The van der Waals surface area contributed by atoms with Crippen LogP contribution in [0.1, 0.15) is 48.9 Å². The second kappa shape index (κ2) is 8.27. The number of carbonyl (C=O) groups excluding carboxylic acids is 1. The number of hydrogen-bond donors (Lipinski definition) is 1. The van der Waals surface area contributed by atoms with E-state index in [9.17, 15) is 9.59 Å². The molecule has 0 saturated heterocycles. The number of nitrogens with one attached hydrogen (secondary N) is 1. The molecule has 148 valence electrons. The van der Waals surface area contributed by atoms with E-state index in [-0.39, 0.29) is 23.4 Å². The van der Waals surface area contributed by atoms with Crippen molar-refractivity contribution in [2.75, 3.05) is 13.2 Å². The van der Waals surface area contributed by atoms with Crippen LogP contribution in [0.25, 0.3) is 0 Å². The molecule has 1 amide bonds. The van der Waals surface area contributed by atoms with Gasteiger partial charge >= 0.3 is 0 Å². The lowest BCUT2D eigenvalue weighted by Crippen LogP contribution is -2.44. The second-order valence-electron chi connectivity index (χ2n) is 7.90. The minimum atomic E-state index is -0.255. The summed E-state index contributed by atoms with van der Waals surface area (Å²) in [5.41, 5.74) is 2.71. The van der Waals surface area contributed by atoms with E-state index in [1.807, 2.05) is 6.07 Å². The summed E-state index contributed by atoms with van der Waals surface area (Å²) >= 11 is 0. The minimum Gasteiger partial charge on any atom is -0.376 e. The Morgan fingerprint density at radius 2 is 1.96 bits per heavy atom. The molecule has 1 saturated carbocycles. The molecule has 4 rings (SSSR count). The maximum atomic E-state index is 12.6. The normalized spacial score (nSPS) is 18.3. The van der Waals surface area contributed by atoms with Crippen LogP contribution in [-0.2, 0) is 34.5 Å². The molecule has 6 heteroatoms. The standard InChI is InChI=1S/C22H27N3O3/c26-20(14-25-21(27)13-17-15-28-12-9-19(17)24-25)23-16-22(10-5-2-6-11-22)18-7-3-1-4-8-18/h1,3-4,7-8,13H,2,5-6,9-12,14-16H2,(H,23,26). The number of fused-ring (bicyclic) bond motifs is 1. The molecule has 1 aliphatic heterocycles. The van der Waals surface area contributed by atoms with Crippen LogP contribution in [0.4, 0.5) is 0 Å². The SMILES string of the molecule is O=C(Cn1nc2c(cc1=O)COCC2)NCC1(c2ccccc2)CCCCC1. The van der Waals surface area contributed by atoms with E-state index >= 15 is 0 Å². The average Bonchev–Trinajstić information content (AvgIpc) is 2.74. The zero-order chi connectivity index (χ0) is 19.4. The lowest BCUT2D eigenvalue weighted by Gasteiger charge is -2.38. The number of ether oxygens (including phenoxy) is 1. The van der Waals surface area contributed by atoms with Gasteiger partial charge < -0.3 is 10.1 Å². The van der Waals surface area contributed by atoms with E-state index in [1.165, 1.54) is 29.5 Å². The third-order valence-corrected chi connectivity index (χ3v) is 6.02. The highest BCUT2D eigenvalue weighted by Crippen LogP contribution is 2.38. The van der Waals surface area contributed by atoms with Gasteiger partial charge in [-0.05, 0) is 18.4 Å². The fraction of sp³-hybridized carbons (Fsp3) is 0.500. The first kappa shape index (κ1) is 18.9. The molecule has 0 spiro atoms. The maximum absolute atomic E-state index is 12.6. The molecule has 0 radical (unpaired) electrons. The summed E-state index contributed by atoms with van der Waals surface area (Å²) in [6.07, 6.45) is 6.44. The lowest BCUT2D eigenvalue weighted by molar-refractivity contribution is -0.122. The lowest BCUT2D eigenvalue weighted by atomic mass is 9.69. The van der Waals surface area contributed by atoms with Gasteiger partial charge in [-0.3, -0.25) is 9.59 Å². The van der Waals surface area contributed by atoms with Crippen molar-refractivity contribution in [2.45, 2.75) is 57.1 Å². The van der Waals surface area contributed by atoms with Crippen molar-refractivity contribution in [2.24, 2.45) is 0 Å². The smallest absolute Gasteiger partial charge is 0.267 e. The second-order valence-corrected chi connectivity index (χ2v) is 7.90. The van der Waals surface area contributed by atoms with Gasteiger partial charge in [0, 0.05) is 30.0 Å². The topological polar surface area (TPSA) is 73.2 Å². The van der Waals surface area contributed by atoms with Crippen molar-refractivity contribution in [1.29, 1.82) is 0 Å². The molecule has 6 nitrogen and oxygen atoms in total. The van der Waals surface area contributed by atoms with Crippen LogP contribution < -0.4 is 10.9 Å². The summed E-state index contributed by atoms with van der Waals surface area (Å²) in [6.45, 7) is 1.58. The first-order chi connectivity index (χ1) is 13.7. The van der Waals surface area contributed by atoms with Gasteiger partial charge in [-0.2, -0.15) is 5.10 Å². The summed E-state index contributed by atoms with van der Waals surface area (Å²) in [6, 6.07) is 12.0. The van der Waals surface area contributed by atoms with Crippen LogP contribution in [0.15, 0.2) is 41.2 Å². The minimum absolute atomic E-state index is 0.0131. The van der Waals surface area contributed by atoms with Crippen LogP contribution in [-0.4, -0.2) is 28.8 Å². The van der Waals surface area contributed by atoms with Crippen molar-refractivity contribution in [1.82, 2.24) is 15.1 Å². The van der Waals surface area contributed by atoms with Crippen molar-refractivity contribution < 1.29 is 9.53 Å². The van der Waals surface area contributed by atoms with Crippen LogP contribution >= 0.6 is 0 Å². The number of benzene rings is 1. The zero-order valence-electron chi connectivity index (χ0n) is 16.2. The number of hydrogen-bond acceptors (Lipinski definition) is 4. The first-order valence-electron chi connectivity index (χ1n) is 10.2. The largest absolute Gasteiger partial charge is 0.376 e. The summed E-state index contributed by atoms with van der Waals surface area (Å²) < 4.78 is 6.64. The van der Waals surface area contributed by atoms with E-state index in [2.05, 4.69) is 34.7 Å². The molecule has 2 aliphatic rings. The van der Waals surface area contributed by atoms with Crippen molar-refractivity contribution in [3.8, 4) is 0 Å². The molecule has 1 aromatic carbocycles. The Kier molecular flexibility index (Phi) is 5.57. The molecular weight excluding hydrogens is 354 g/mol. The Bertz CT molecular complexity index is 886. The predicted molar refractivity (Wildman–Crippen MR) is 106 cm³/mol. The molecule has 0 atom stereocenters. The molecule has 1 fully saturated rings. The Hall–Kier alpha value is -2.47. The Morgan fingerprint density at radius 1 is 1.18 bits per heavy atom. The molecule has 1 N–H and O–H groups in total. The van der Waals surface area contributed by atoms with Crippen LogP contribution in [0.3, 0.4) is 0 Å². The van der Waals surface area contributed by atoms with Crippen molar-refractivity contribution >= 4 is 5.91 Å². The number of aromatic nitrogens is 2. The highest BCUT2D eigenvalue weighted by Gasteiger charge is 2.34. The van der Waals surface area contributed by atoms with Crippen LogP contribution in [0, 0.1) is 0 Å². The number of amides is 1. The predicted octanol–water partition coefficient (Wildman–Crippen LogP) is 2.33. The Labute approximate surface area is 164 Å². The highest BCUT2D eigenvalue weighted by molar-refractivity contribution is 5.75. The van der Waals surface area contributed by atoms with Crippen LogP contribution in [0.2, 0.25) is 0 Å². The number of nitrogens with zero attached hydrogens (tertiary/aromatic N) is 2. The van der Waals surface area contributed by atoms with Gasteiger partial charge in [0.2, 0.25) is 5.91 Å². The van der Waals surface area contributed by atoms with Gasteiger partial charge in [0.25, 0.3) is 5.56 Å². The molecule has 0 unspecified atom stereocenters. The van der Waals surface area contributed by atoms with Gasteiger partial charge in [-0.25, -0.2) is 4.68 Å². The molecule has 28 heavy (non-hydrogen) atoms. The van der Waals surface area contributed by atoms with Gasteiger partial charge in [0.05, 0.1) is 18.9 Å². The van der Waals surface area contributed by atoms with Gasteiger partial charge in [0.15, 0.2) is 0 Å². The zero-order valence-corrected chi connectivity index (χ0v) is 16.2. The maximum Gasteiger partial charge on any atom is 0.267 e. The molecule has 1 aliphatic carbocycles. The molecule has 2 aromatic rings. The third-order valence-electron chi connectivity index (χ3n) is 6.02. The third kappa shape index (κ3) is 4.02. The van der Waals surface area contributed by atoms with Gasteiger partial charge in [-0.15, -0.1) is 0 Å². The molecular formula is C22H27N3O3. The van der Waals surface area contributed by atoms with Crippen LogP contribution in [0.5, 0.6) is 0 Å². The molecule has 2 heterocycles. The molecule has 1 aromatic heterocycles. The summed E-state index contributed by atoms with van der Waals surface area (Å²) in [7, 11) is 0. The summed E-state index contributed by atoms with van der Waals surface area (Å²) in [5, 5.41) is 7.47. The Morgan fingerprint density at radius 3 is 2.75 bits per heavy atom. The quantitative estimate of drug-likeness (QED) is 0.863. The van der Waals surface area contributed by atoms with E-state index < -0.39 is 0 Å². The van der Waals surface area contributed by atoms with E-state index in [0.717, 1.165) is 24.1 Å². The number of rotatable bonds is 5. The summed E-state index contributed by atoms with van der Waals surface area (Å²) in [4.78, 5) is 24.9. The van der Waals surface area contributed by atoms with E-state index in [0.29, 0.717) is 26.2 Å².